The van der Waals surface area contributed by atoms with E-state index >= 15 is 0 Å². The molecule has 3 N–H and O–H groups in total. The van der Waals surface area contributed by atoms with Gasteiger partial charge in [0, 0.05) is 20.6 Å². The zero-order valence-corrected chi connectivity index (χ0v) is 9.38. The molecule has 0 saturated heterocycles. The molecule has 1 rings (SSSR count). The fourth-order valence-corrected chi connectivity index (χ4v) is 1.23. The van der Waals surface area contributed by atoms with Crippen LogP contribution in [0.2, 0.25) is 0 Å². The topological polar surface area (TPSA) is 108 Å². The number of amides is 1. The second-order valence-electron chi connectivity index (χ2n) is 3.27. The molecule has 0 bridgehead atoms. The van der Waals surface area contributed by atoms with Crippen LogP contribution in [0.5, 0.6) is 0 Å². The van der Waals surface area contributed by atoms with Crippen molar-refractivity contribution in [3.8, 4) is 0 Å². The van der Waals surface area contributed by atoms with Crippen molar-refractivity contribution in [1.82, 2.24) is 25.5 Å². The van der Waals surface area contributed by atoms with Crippen molar-refractivity contribution in [2.75, 3.05) is 14.2 Å². The molecule has 16 heavy (non-hydrogen) atoms. The maximum Gasteiger partial charge on any atom is 0.236 e. The summed E-state index contributed by atoms with van der Waals surface area (Å²) in [5.74, 6) is 0.465. The van der Waals surface area contributed by atoms with Gasteiger partial charge in [-0.05, 0) is 16.8 Å². The van der Waals surface area contributed by atoms with Gasteiger partial charge in [0.1, 0.15) is 6.73 Å². The van der Waals surface area contributed by atoms with Gasteiger partial charge in [-0.2, -0.15) is 0 Å². The van der Waals surface area contributed by atoms with E-state index in [4.69, 9.17) is 10.5 Å². The Hall–Kier alpha value is -1.54. The lowest BCUT2D eigenvalue weighted by Gasteiger charge is -2.09. The number of nitrogens with one attached hydrogen (secondary N) is 1. The highest BCUT2D eigenvalue weighted by Crippen LogP contribution is 2.00. The van der Waals surface area contributed by atoms with Crippen LogP contribution >= 0.6 is 0 Å². The minimum absolute atomic E-state index is 0.189. The molecule has 1 aromatic rings. The summed E-state index contributed by atoms with van der Waals surface area (Å²) in [5, 5.41) is 13.6. The van der Waals surface area contributed by atoms with Gasteiger partial charge in [0.15, 0.2) is 5.82 Å². The number of aromatic nitrogens is 4. The average Bonchev–Trinajstić information content (AvgIpc) is 2.73. The summed E-state index contributed by atoms with van der Waals surface area (Å²) in [6.45, 7) is 0.289. The van der Waals surface area contributed by atoms with Crippen molar-refractivity contribution in [3.05, 3.63) is 5.82 Å². The van der Waals surface area contributed by atoms with E-state index in [-0.39, 0.29) is 12.6 Å². The molecule has 8 nitrogen and oxygen atoms in total. The number of ether oxygens (including phenoxy) is 1. The lowest BCUT2D eigenvalue weighted by atomic mass is 10.1. The maximum absolute atomic E-state index is 11.2. The highest BCUT2D eigenvalue weighted by atomic mass is 16.5. The fraction of sp³-hybridized carbons (Fsp3) is 0.750. The Labute approximate surface area is 93.1 Å². The van der Waals surface area contributed by atoms with Gasteiger partial charge in [-0.3, -0.25) is 4.79 Å². The second-order valence-corrected chi connectivity index (χ2v) is 3.27. The molecule has 0 aromatic carbocycles. The lowest BCUT2D eigenvalue weighted by molar-refractivity contribution is -0.122. The number of hydrogen-bond donors (Lipinski definition) is 2. The third kappa shape index (κ3) is 3.24. The number of nitrogens with zero attached hydrogens (tertiary/aromatic N) is 4. The first kappa shape index (κ1) is 12.5. The number of carbonyl (C=O) groups excluding carboxylic acids is 1. The smallest absolute Gasteiger partial charge is 0.236 e. The highest BCUT2D eigenvalue weighted by molar-refractivity contribution is 5.81. The molecule has 0 aliphatic carbocycles. The zero-order chi connectivity index (χ0) is 12.0. The van der Waals surface area contributed by atoms with Crippen LogP contribution in [0.4, 0.5) is 0 Å². The van der Waals surface area contributed by atoms with Crippen molar-refractivity contribution in [3.63, 3.8) is 0 Å². The molecule has 0 spiro atoms. The first-order valence-electron chi connectivity index (χ1n) is 4.90. The number of methoxy groups -OCH3 is 1. The molecule has 0 aliphatic rings. The number of nitrogens with two attached hydrogens (primary N) is 1. The van der Waals surface area contributed by atoms with Gasteiger partial charge in [-0.25, -0.2) is 4.68 Å². The number of likely N-dealkylation sites (N-methyl/N-ethyl adjacent to an activating group) is 1. The second kappa shape index (κ2) is 6.13. The number of tetrazole rings is 1. The quantitative estimate of drug-likeness (QED) is 0.599. The monoisotopic (exact) mass is 228 g/mol. The molecule has 1 atom stereocenters. The molecule has 0 unspecified atom stereocenters. The molecule has 1 aromatic heterocycles. The van der Waals surface area contributed by atoms with E-state index in [0.29, 0.717) is 18.7 Å². The Balaban J connectivity index is 2.47. The van der Waals surface area contributed by atoms with Crippen LogP contribution < -0.4 is 11.1 Å². The van der Waals surface area contributed by atoms with Gasteiger partial charge in [0.05, 0.1) is 6.04 Å². The van der Waals surface area contributed by atoms with Gasteiger partial charge in [-0.1, -0.05) is 0 Å². The van der Waals surface area contributed by atoms with Crippen molar-refractivity contribution in [1.29, 1.82) is 0 Å². The van der Waals surface area contributed by atoms with Crippen LogP contribution in [0.15, 0.2) is 0 Å². The zero-order valence-electron chi connectivity index (χ0n) is 9.38. The summed E-state index contributed by atoms with van der Waals surface area (Å²) in [5.41, 5.74) is 5.65. The first-order valence-corrected chi connectivity index (χ1v) is 4.90. The van der Waals surface area contributed by atoms with E-state index in [1.807, 2.05) is 0 Å². The average molecular weight is 228 g/mol. The standard InChI is InChI=1S/C8H16N6O2/c1-10-8(15)6(9)3-4-7-11-12-13-14(7)5-16-2/h6H,3-5,9H2,1-2H3,(H,10,15)/t6-/m0/s1. The molecular weight excluding hydrogens is 212 g/mol. The first-order chi connectivity index (χ1) is 7.69. The summed E-state index contributed by atoms with van der Waals surface area (Å²) in [4.78, 5) is 11.2. The van der Waals surface area contributed by atoms with E-state index in [0.717, 1.165) is 0 Å². The summed E-state index contributed by atoms with van der Waals surface area (Å²) in [7, 11) is 3.11. The summed E-state index contributed by atoms with van der Waals surface area (Å²) in [6, 6.07) is -0.544. The Morgan fingerprint density at radius 1 is 1.69 bits per heavy atom. The molecule has 90 valence electrons. The van der Waals surface area contributed by atoms with Crippen molar-refractivity contribution >= 4 is 5.91 Å². The van der Waals surface area contributed by atoms with E-state index in [1.165, 1.54) is 4.68 Å². The lowest BCUT2D eigenvalue weighted by Crippen LogP contribution is -2.39. The van der Waals surface area contributed by atoms with Crippen LogP contribution in [0.1, 0.15) is 12.2 Å². The van der Waals surface area contributed by atoms with Gasteiger partial charge in [0.25, 0.3) is 0 Å². The van der Waals surface area contributed by atoms with E-state index in [1.54, 1.807) is 14.2 Å². The number of carbonyl (C=O) groups is 1. The molecule has 1 amide bonds. The Kier molecular flexibility index (Phi) is 4.80. The van der Waals surface area contributed by atoms with Gasteiger partial charge in [0.2, 0.25) is 5.91 Å². The Morgan fingerprint density at radius 2 is 2.44 bits per heavy atom. The fourth-order valence-electron chi connectivity index (χ4n) is 1.23. The molecule has 0 aliphatic heterocycles. The number of aryl methyl sites for hydroxylation is 1. The normalized spacial score (nSPS) is 12.4. The van der Waals surface area contributed by atoms with E-state index in [2.05, 4.69) is 20.8 Å². The van der Waals surface area contributed by atoms with Crippen molar-refractivity contribution in [2.24, 2.45) is 5.73 Å². The van der Waals surface area contributed by atoms with Crippen LogP contribution in [0.3, 0.4) is 0 Å². The molecule has 0 radical (unpaired) electrons. The van der Waals surface area contributed by atoms with Crippen molar-refractivity contribution < 1.29 is 9.53 Å². The minimum Gasteiger partial charge on any atom is -0.362 e. The Bertz CT molecular complexity index is 339. The minimum atomic E-state index is -0.544. The van der Waals surface area contributed by atoms with Gasteiger partial charge < -0.3 is 15.8 Å². The predicted octanol–water partition coefficient (Wildman–Crippen LogP) is -1.72. The molecule has 1 heterocycles. The molecule has 8 heteroatoms. The third-order valence-electron chi connectivity index (χ3n) is 2.12. The molecular formula is C8H16N6O2. The predicted molar refractivity (Wildman–Crippen MR) is 55.2 cm³/mol. The van der Waals surface area contributed by atoms with Crippen LogP contribution in [0.25, 0.3) is 0 Å². The van der Waals surface area contributed by atoms with E-state index in [9.17, 15) is 4.79 Å². The van der Waals surface area contributed by atoms with E-state index < -0.39 is 6.04 Å². The Morgan fingerprint density at radius 3 is 3.06 bits per heavy atom. The van der Waals surface area contributed by atoms with Crippen LogP contribution in [-0.2, 0) is 22.7 Å². The van der Waals surface area contributed by atoms with Crippen LogP contribution in [0, 0.1) is 0 Å². The summed E-state index contributed by atoms with van der Waals surface area (Å²) < 4.78 is 6.44. The van der Waals surface area contributed by atoms with Crippen LogP contribution in [-0.4, -0.2) is 46.3 Å². The van der Waals surface area contributed by atoms with Gasteiger partial charge >= 0.3 is 0 Å². The SMILES string of the molecule is CNC(=O)[C@@H](N)CCc1nnnn1COC. The number of hydrogen-bond acceptors (Lipinski definition) is 6. The third-order valence-corrected chi connectivity index (χ3v) is 2.12. The maximum atomic E-state index is 11.2. The molecule has 0 saturated carbocycles. The van der Waals surface area contributed by atoms with Gasteiger partial charge in [-0.15, -0.1) is 5.10 Å². The summed E-state index contributed by atoms with van der Waals surface area (Å²) >= 11 is 0. The number of rotatable bonds is 6. The summed E-state index contributed by atoms with van der Waals surface area (Å²) in [6.07, 6.45) is 1.02. The molecule has 0 fully saturated rings. The highest BCUT2D eigenvalue weighted by Gasteiger charge is 2.13. The largest absolute Gasteiger partial charge is 0.362 e. The van der Waals surface area contributed by atoms with Crippen molar-refractivity contribution in [2.45, 2.75) is 25.6 Å².